The Bertz CT molecular complexity index is 1870. The summed E-state index contributed by atoms with van der Waals surface area (Å²) in [4.78, 5) is 0. The molecule has 0 saturated heterocycles. The highest BCUT2D eigenvalue weighted by atomic mass is 14.2. The van der Waals surface area contributed by atoms with Crippen LogP contribution in [0.5, 0.6) is 0 Å². The van der Waals surface area contributed by atoms with E-state index in [1.54, 1.807) is 0 Å². The van der Waals surface area contributed by atoms with E-state index in [1.165, 1.54) is 128 Å². The third-order valence-corrected chi connectivity index (χ3v) is 9.88. The smallest absolute Gasteiger partial charge is 0.00201 e. The van der Waals surface area contributed by atoms with Crippen LogP contribution in [-0.2, 0) is 12.8 Å². The number of aryl methyl sites for hydroxylation is 2. The quantitative estimate of drug-likeness (QED) is 0.0776. The topological polar surface area (TPSA) is 0 Å². The highest BCUT2D eigenvalue weighted by Crippen LogP contribution is 2.45. The molecule has 0 radical (unpaired) electrons. The molecule has 7 aromatic carbocycles. The monoisotopic (exact) mass is 572 g/mol. The van der Waals surface area contributed by atoms with Gasteiger partial charge in [-0.2, -0.15) is 0 Å². The van der Waals surface area contributed by atoms with Gasteiger partial charge < -0.3 is 0 Å². The van der Waals surface area contributed by atoms with E-state index in [0.717, 1.165) is 12.8 Å². The van der Waals surface area contributed by atoms with E-state index in [1.807, 2.05) is 0 Å². The van der Waals surface area contributed by atoms with Crippen LogP contribution in [0, 0.1) is 0 Å². The van der Waals surface area contributed by atoms with Gasteiger partial charge in [0.05, 0.1) is 0 Å². The Morgan fingerprint density at radius 1 is 0.318 bits per heavy atom. The molecule has 0 atom stereocenters. The molecule has 0 heteroatoms. The van der Waals surface area contributed by atoms with Crippen molar-refractivity contribution in [2.45, 2.75) is 78.1 Å². The van der Waals surface area contributed by atoms with Gasteiger partial charge in [-0.3, -0.25) is 0 Å². The summed E-state index contributed by atoms with van der Waals surface area (Å²) in [5.41, 5.74) is 8.45. The lowest BCUT2D eigenvalue weighted by atomic mass is 9.84. The second kappa shape index (κ2) is 12.8. The fraction of sp³-hybridized carbons (Fsp3) is 0.273. The average molecular weight is 573 g/mol. The van der Waals surface area contributed by atoms with Crippen LogP contribution in [0.25, 0.3) is 65.3 Å². The van der Waals surface area contributed by atoms with Gasteiger partial charge in [-0.25, -0.2) is 0 Å². The van der Waals surface area contributed by atoms with Gasteiger partial charge >= 0.3 is 0 Å². The number of rotatable bonds is 12. The SMILES string of the molecule is CCCCCCc1ccccc1-c1ccc2c3ccc(-c4ccccc4CCCCCC)c4cccc(c5cccc1c52)c43. The molecule has 0 saturated carbocycles. The summed E-state index contributed by atoms with van der Waals surface area (Å²) in [6.07, 6.45) is 12.6. The summed E-state index contributed by atoms with van der Waals surface area (Å²) in [6.45, 7) is 4.58. The first kappa shape index (κ1) is 28.6. The zero-order valence-corrected chi connectivity index (χ0v) is 26.5. The van der Waals surface area contributed by atoms with Crippen molar-refractivity contribution in [1.29, 1.82) is 0 Å². The lowest BCUT2D eigenvalue weighted by molar-refractivity contribution is 0.667. The second-order valence-corrected chi connectivity index (χ2v) is 12.7. The van der Waals surface area contributed by atoms with Crippen molar-refractivity contribution >= 4 is 43.1 Å². The van der Waals surface area contributed by atoms with Gasteiger partial charge in [0.1, 0.15) is 0 Å². The van der Waals surface area contributed by atoms with Gasteiger partial charge in [0, 0.05) is 0 Å². The first-order chi connectivity index (χ1) is 21.8. The Balaban J connectivity index is 1.40. The fourth-order valence-electron chi connectivity index (χ4n) is 7.67. The van der Waals surface area contributed by atoms with Gasteiger partial charge in [-0.05, 0) is 102 Å². The van der Waals surface area contributed by atoms with Crippen molar-refractivity contribution in [3.8, 4) is 22.3 Å². The van der Waals surface area contributed by atoms with Crippen LogP contribution in [0.4, 0.5) is 0 Å². The van der Waals surface area contributed by atoms with Gasteiger partial charge in [-0.15, -0.1) is 0 Å². The van der Waals surface area contributed by atoms with Crippen LogP contribution in [0.2, 0.25) is 0 Å². The zero-order chi connectivity index (χ0) is 29.9. The highest BCUT2D eigenvalue weighted by Gasteiger charge is 2.18. The molecule has 0 aliphatic carbocycles. The molecule has 0 unspecified atom stereocenters. The number of fused-ring (bicyclic) bond motifs is 2. The molecule has 7 rings (SSSR count). The third-order valence-electron chi connectivity index (χ3n) is 9.88. The molecule has 0 bridgehead atoms. The molecule has 0 amide bonds. The molecule has 0 heterocycles. The number of benzene rings is 7. The maximum Gasteiger partial charge on any atom is -0.00201 e. The Kier molecular flexibility index (Phi) is 8.34. The minimum absolute atomic E-state index is 1.14. The number of hydrogen-bond donors (Lipinski definition) is 0. The van der Waals surface area contributed by atoms with E-state index in [0.29, 0.717) is 0 Å². The lowest BCUT2D eigenvalue weighted by Gasteiger charge is -2.20. The maximum atomic E-state index is 2.40. The third kappa shape index (κ3) is 5.15. The molecule has 220 valence electrons. The first-order valence-electron chi connectivity index (χ1n) is 17.1. The highest BCUT2D eigenvalue weighted by molar-refractivity contribution is 6.35. The van der Waals surface area contributed by atoms with E-state index in [2.05, 4.69) is 123 Å². The van der Waals surface area contributed by atoms with E-state index in [-0.39, 0.29) is 0 Å². The van der Waals surface area contributed by atoms with Crippen LogP contribution < -0.4 is 0 Å². The molecule has 0 nitrogen and oxygen atoms in total. The first-order valence-corrected chi connectivity index (χ1v) is 17.1. The Morgan fingerprint density at radius 3 is 1.18 bits per heavy atom. The summed E-state index contributed by atoms with van der Waals surface area (Å²) in [5.74, 6) is 0. The minimum atomic E-state index is 1.14. The molecular weight excluding hydrogens is 528 g/mol. The van der Waals surface area contributed by atoms with Crippen LogP contribution in [0.1, 0.15) is 76.3 Å². The van der Waals surface area contributed by atoms with E-state index in [4.69, 9.17) is 0 Å². The molecule has 7 aromatic rings. The molecule has 0 aliphatic heterocycles. The Labute approximate surface area is 263 Å². The van der Waals surface area contributed by atoms with Crippen LogP contribution in [-0.4, -0.2) is 0 Å². The fourth-order valence-corrected chi connectivity index (χ4v) is 7.67. The minimum Gasteiger partial charge on any atom is -0.0654 e. The second-order valence-electron chi connectivity index (χ2n) is 12.7. The van der Waals surface area contributed by atoms with Crippen molar-refractivity contribution in [2.75, 3.05) is 0 Å². The van der Waals surface area contributed by atoms with Gasteiger partial charge in [0.15, 0.2) is 0 Å². The van der Waals surface area contributed by atoms with Crippen LogP contribution in [0.3, 0.4) is 0 Å². The molecule has 0 N–H and O–H groups in total. The average Bonchev–Trinajstić information content (AvgIpc) is 3.07. The molecular formula is C44H44. The van der Waals surface area contributed by atoms with E-state index in [9.17, 15) is 0 Å². The molecule has 0 fully saturated rings. The molecule has 0 aliphatic rings. The van der Waals surface area contributed by atoms with Crippen molar-refractivity contribution in [3.05, 3.63) is 120 Å². The van der Waals surface area contributed by atoms with Gasteiger partial charge in [-0.1, -0.05) is 162 Å². The van der Waals surface area contributed by atoms with E-state index < -0.39 is 0 Å². The summed E-state index contributed by atoms with van der Waals surface area (Å²) >= 11 is 0. The number of hydrogen-bond acceptors (Lipinski definition) is 0. The predicted octanol–water partition coefficient (Wildman–Crippen LogP) is 13.3. The van der Waals surface area contributed by atoms with Crippen molar-refractivity contribution in [2.24, 2.45) is 0 Å². The zero-order valence-electron chi connectivity index (χ0n) is 26.5. The maximum absolute atomic E-state index is 2.40. The summed E-state index contributed by atoms with van der Waals surface area (Å²) in [7, 11) is 0. The van der Waals surface area contributed by atoms with Crippen LogP contribution >= 0.6 is 0 Å². The summed E-state index contributed by atoms with van der Waals surface area (Å²) in [5, 5.41) is 11.0. The Morgan fingerprint density at radius 2 is 0.727 bits per heavy atom. The van der Waals surface area contributed by atoms with Crippen LogP contribution in [0.15, 0.2) is 109 Å². The van der Waals surface area contributed by atoms with Gasteiger partial charge in [0.25, 0.3) is 0 Å². The molecule has 0 aromatic heterocycles. The van der Waals surface area contributed by atoms with Crippen molar-refractivity contribution in [3.63, 3.8) is 0 Å². The molecule has 44 heavy (non-hydrogen) atoms. The van der Waals surface area contributed by atoms with Crippen molar-refractivity contribution < 1.29 is 0 Å². The predicted molar refractivity (Wildman–Crippen MR) is 194 cm³/mol. The van der Waals surface area contributed by atoms with E-state index >= 15 is 0 Å². The molecule has 0 spiro atoms. The summed E-state index contributed by atoms with van der Waals surface area (Å²) in [6, 6.07) is 41.7. The standard InChI is InChI=1S/C44H44/c1-3-5-7-9-17-31-19-11-13-21-33(31)35-27-29-41-42-30-28-36(34-22-14-12-20-32(34)18-10-8-6-4-2)38-24-16-26-40(44(38)42)39-25-15-23-37(35)43(39)41/h11-16,19-30H,3-10,17-18H2,1-2H3. The number of unbranched alkanes of at least 4 members (excludes halogenated alkanes) is 6. The summed E-state index contributed by atoms with van der Waals surface area (Å²) < 4.78 is 0. The largest absolute Gasteiger partial charge is 0.0654 e. The lowest BCUT2D eigenvalue weighted by Crippen LogP contribution is -1.95. The van der Waals surface area contributed by atoms with Gasteiger partial charge in [0.2, 0.25) is 0 Å². The Hall–Kier alpha value is -4.16. The normalized spacial score (nSPS) is 11.9. The van der Waals surface area contributed by atoms with Crippen molar-refractivity contribution in [1.82, 2.24) is 0 Å².